The standard InChI is InChI=1S/C21H23F4N3/c22-15-7-6-13(19(25)9-15)11-28-8-2-3-14(12-28)21-16(10-26-27-21)20-17(23)4-1-5-18(20)24/h1,4-7,9,14,16,21,26-27H,2-3,8,10-12H2. The molecule has 2 fully saturated rings. The Morgan fingerprint density at radius 2 is 1.79 bits per heavy atom. The first-order valence-electron chi connectivity index (χ1n) is 9.61. The van der Waals surface area contributed by atoms with Gasteiger partial charge in [0.15, 0.2) is 0 Å². The topological polar surface area (TPSA) is 27.3 Å². The Balaban J connectivity index is 1.49. The maximum absolute atomic E-state index is 14.3. The first-order chi connectivity index (χ1) is 13.5. The molecule has 3 nitrogen and oxygen atoms in total. The first kappa shape index (κ1) is 19.4. The first-order valence-corrected chi connectivity index (χ1v) is 9.61. The lowest BCUT2D eigenvalue weighted by Crippen LogP contribution is -2.46. The van der Waals surface area contributed by atoms with Crippen LogP contribution in [-0.4, -0.2) is 30.6 Å². The zero-order valence-corrected chi connectivity index (χ0v) is 15.4. The van der Waals surface area contributed by atoms with Crippen molar-refractivity contribution in [3.8, 4) is 0 Å². The summed E-state index contributed by atoms with van der Waals surface area (Å²) in [5.74, 6) is -2.34. The molecule has 0 aliphatic carbocycles. The van der Waals surface area contributed by atoms with Gasteiger partial charge < -0.3 is 0 Å². The summed E-state index contributed by atoms with van der Waals surface area (Å²) < 4.78 is 55.7. The highest BCUT2D eigenvalue weighted by atomic mass is 19.1. The number of nitrogens with one attached hydrogen (secondary N) is 2. The fraction of sp³-hybridized carbons (Fsp3) is 0.429. The quantitative estimate of drug-likeness (QED) is 0.776. The Kier molecular flexibility index (Phi) is 5.66. The van der Waals surface area contributed by atoms with E-state index in [0.29, 0.717) is 25.2 Å². The van der Waals surface area contributed by atoms with E-state index in [1.807, 2.05) is 0 Å². The fourth-order valence-electron chi connectivity index (χ4n) is 4.53. The van der Waals surface area contributed by atoms with Gasteiger partial charge in [0.05, 0.1) is 0 Å². The molecule has 2 N–H and O–H groups in total. The van der Waals surface area contributed by atoms with Gasteiger partial charge in [0.2, 0.25) is 0 Å². The van der Waals surface area contributed by atoms with Crippen molar-refractivity contribution in [1.29, 1.82) is 0 Å². The zero-order valence-electron chi connectivity index (χ0n) is 15.4. The van der Waals surface area contributed by atoms with Gasteiger partial charge in [0.25, 0.3) is 0 Å². The van der Waals surface area contributed by atoms with Crippen LogP contribution >= 0.6 is 0 Å². The minimum absolute atomic E-state index is 0.117. The van der Waals surface area contributed by atoms with E-state index in [2.05, 4.69) is 15.8 Å². The minimum Gasteiger partial charge on any atom is -0.299 e. The van der Waals surface area contributed by atoms with Crippen LogP contribution in [0.3, 0.4) is 0 Å². The van der Waals surface area contributed by atoms with E-state index in [9.17, 15) is 17.6 Å². The second-order valence-electron chi connectivity index (χ2n) is 7.67. The van der Waals surface area contributed by atoms with E-state index in [0.717, 1.165) is 25.5 Å². The van der Waals surface area contributed by atoms with Crippen molar-refractivity contribution in [2.45, 2.75) is 31.3 Å². The minimum atomic E-state index is -0.589. The zero-order chi connectivity index (χ0) is 19.7. The third-order valence-corrected chi connectivity index (χ3v) is 5.85. The highest BCUT2D eigenvalue weighted by Gasteiger charge is 2.39. The maximum atomic E-state index is 14.3. The van der Waals surface area contributed by atoms with Crippen LogP contribution in [-0.2, 0) is 6.54 Å². The Labute approximate surface area is 161 Å². The van der Waals surface area contributed by atoms with Crippen LogP contribution < -0.4 is 10.9 Å². The molecule has 0 bridgehead atoms. The van der Waals surface area contributed by atoms with E-state index in [1.54, 1.807) is 0 Å². The van der Waals surface area contributed by atoms with Crippen molar-refractivity contribution in [2.75, 3.05) is 19.6 Å². The van der Waals surface area contributed by atoms with Crippen LogP contribution in [0.2, 0.25) is 0 Å². The maximum Gasteiger partial charge on any atom is 0.130 e. The summed E-state index contributed by atoms with van der Waals surface area (Å²) in [6, 6.07) is 7.47. The molecule has 2 saturated heterocycles. The second-order valence-corrected chi connectivity index (χ2v) is 7.67. The van der Waals surface area contributed by atoms with Gasteiger partial charge in [-0.1, -0.05) is 12.1 Å². The Morgan fingerprint density at radius 1 is 1.00 bits per heavy atom. The van der Waals surface area contributed by atoms with Crippen molar-refractivity contribution >= 4 is 0 Å². The Morgan fingerprint density at radius 3 is 2.54 bits per heavy atom. The fourth-order valence-corrected chi connectivity index (χ4v) is 4.53. The lowest BCUT2D eigenvalue weighted by Gasteiger charge is -2.37. The number of hydrazine groups is 1. The molecule has 0 spiro atoms. The summed E-state index contributed by atoms with van der Waals surface area (Å²) in [6.45, 7) is 2.34. The van der Waals surface area contributed by atoms with Gasteiger partial charge >= 0.3 is 0 Å². The van der Waals surface area contributed by atoms with Crippen LogP contribution in [0.15, 0.2) is 36.4 Å². The summed E-state index contributed by atoms with van der Waals surface area (Å²) in [7, 11) is 0. The second kappa shape index (κ2) is 8.19. The molecule has 7 heteroatoms. The molecule has 4 rings (SSSR count). The molecule has 2 heterocycles. The molecule has 0 aromatic heterocycles. The van der Waals surface area contributed by atoms with Crippen molar-refractivity contribution in [1.82, 2.24) is 15.8 Å². The molecular weight excluding hydrogens is 370 g/mol. The van der Waals surface area contributed by atoms with Gasteiger partial charge in [0, 0.05) is 48.8 Å². The van der Waals surface area contributed by atoms with Crippen LogP contribution in [0, 0.1) is 29.2 Å². The smallest absolute Gasteiger partial charge is 0.130 e. The van der Waals surface area contributed by atoms with E-state index < -0.39 is 23.3 Å². The molecule has 0 amide bonds. The normalized spacial score (nSPS) is 25.9. The van der Waals surface area contributed by atoms with E-state index in [-0.39, 0.29) is 23.4 Å². The highest BCUT2D eigenvalue weighted by molar-refractivity contribution is 5.27. The predicted molar refractivity (Wildman–Crippen MR) is 98.4 cm³/mol. The molecule has 150 valence electrons. The van der Waals surface area contributed by atoms with Gasteiger partial charge in [-0.25, -0.2) is 17.6 Å². The Bertz CT molecular complexity index is 824. The number of halogens is 4. The Hall–Kier alpha value is -1.96. The molecule has 0 saturated carbocycles. The van der Waals surface area contributed by atoms with Crippen LogP contribution in [0.4, 0.5) is 17.6 Å². The van der Waals surface area contributed by atoms with Crippen LogP contribution in [0.5, 0.6) is 0 Å². The number of hydrogen-bond donors (Lipinski definition) is 2. The molecule has 3 unspecified atom stereocenters. The average Bonchev–Trinajstić information content (AvgIpc) is 3.14. The third-order valence-electron chi connectivity index (χ3n) is 5.85. The number of nitrogens with zero attached hydrogens (tertiary/aromatic N) is 1. The number of piperidine rings is 1. The van der Waals surface area contributed by atoms with Crippen molar-refractivity contribution < 1.29 is 17.6 Å². The highest BCUT2D eigenvalue weighted by Crippen LogP contribution is 2.34. The van der Waals surface area contributed by atoms with E-state index >= 15 is 0 Å². The number of benzene rings is 2. The predicted octanol–water partition coefficient (Wildman–Crippen LogP) is 3.72. The lowest BCUT2D eigenvalue weighted by molar-refractivity contribution is 0.137. The number of rotatable bonds is 4. The van der Waals surface area contributed by atoms with Crippen molar-refractivity contribution in [3.05, 3.63) is 70.8 Å². The SMILES string of the molecule is Fc1ccc(CN2CCCC(C3NNCC3c3c(F)cccc3F)C2)c(F)c1. The summed E-state index contributed by atoms with van der Waals surface area (Å²) in [5.41, 5.74) is 6.82. The molecule has 2 aromatic rings. The van der Waals surface area contributed by atoms with Gasteiger partial charge in [-0.2, -0.15) is 0 Å². The molecule has 2 aromatic carbocycles. The van der Waals surface area contributed by atoms with Gasteiger partial charge in [-0.05, 0) is 43.5 Å². The molecule has 0 radical (unpaired) electrons. The van der Waals surface area contributed by atoms with Crippen LogP contribution in [0.1, 0.15) is 29.9 Å². The van der Waals surface area contributed by atoms with Crippen molar-refractivity contribution in [3.63, 3.8) is 0 Å². The van der Waals surface area contributed by atoms with E-state index in [1.165, 1.54) is 30.3 Å². The van der Waals surface area contributed by atoms with E-state index in [4.69, 9.17) is 0 Å². The van der Waals surface area contributed by atoms with Gasteiger partial charge in [0.1, 0.15) is 23.3 Å². The molecule has 2 aliphatic rings. The summed E-state index contributed by atoms with van der Waals surface area (Å²) >= 11 is 0. The number of hydrogen-bond acceptors (Lipinski definition) is 3. The molecule has 28 heavy (non-hydrogen) atoms. The monoisotopic (exact) mass is 393 g/mol. The lowest BCUT2D eigenvalue weighted by atomic mass is 9.80. The molecule has 2 aliphatic heterocycles. The van der Waals surface area contributed by atoms with Gasteiger partial charge in [-0.15, -0.1) is 0 Å². The molecule has 3 atom stereocenters. The summed E-state index contributed by atoms with van der Waals surface area (Å²) in [6.07, 6.45) is 1.84. The van der Waals surface area contributed by atoms with Crippen LogP contribution in [0.25, 0.3) is 0 Å². The van der Waals surface area contributed by atoms with Gasteiger partial charge in [-0.3, -0.25) is 15.8 Å². The summed E-state index contributed by atoms with van der Waals surface area (Å²) in [5, 5.41) is 0. The largest absolute Gasteiger partial charge is 0.299 e. The molecular formula is C21H23F4N3. The van der Waals surface area contributed by atoms with Crippen molar-refractivity contribution in [2.24, 2.45) is 5.92 Å². The number of likely N-dealkylation sites (tertiary alicyclic amines) is 1. The third kappa shape index (κ3) is 3.92. The summed E-state index contributed by atoms with van der Waals surface area (Å²) in [4.78, 5) is 2.12. The average molecular weight is 393 g/mol.